The monoisotopic (exact) mass is 426 g/mol. The first kappa shape index (κ1) is 21.5. The molecule has 2 aromatic rings. The van der Waals surface area contributed by atoms with Gasteiger partial charge in [0.25, 0.3) is 5.91 Å². The molecule has 2 aliphatic heterocycles. The summed E-state index contributed by atoms with van der Waals surface area (Å²) in [5.74, 6) is 1.87. The third kappa shape index (κ3) is 5.71. The van der Waals surface area contributed by atoms with Gasteiger partial charge >= 0.3 is 0 Å². The minimum atomic E-state index is -0.485. The summed E-state index contributed by atoms with van der Waals surface area (Å²) in [4.78, 5) is 26.0. The van der Waals surface area contributed by atoms with E-state index in [9.17, 15) is 4.79 Å². The molecule has 1 amide bonds. The first-order chi connectivity index (χ1) is 15.1. The molecule has 0 aliphatic carbocycles. The van der Waals surface area contributed by atoms with Gasteiger partial charge in [-0.25, -0.2) is 0 Å². The Morgan fingerprint density at radius 1 is 1.19 bits per heavy atom. The molecule has 0 spiro atoms. The van der Waals surface area contributed by atoms with Crippen LogP contribution in [-0.2, 0) is 22.6 Å². The van der Waals surface area contributed by atoms with Crippen molar-refractivity contribution in [1.82, 2.24) is 19.8 Å². The van der Waals surface area contributed by atoms with E-state index < -0.39 is 6.10 Å². The number of rotatable bonds is 7. The average molecular weight is 427 g/mol. The minimum Gasteiger partial charge on any atom is -0.486 e. The zero-order valence-corrected chi connectivity index (χ0v) is 18.2. The minimum absolute atomic E-state index is 0.0208. The van der Waals surface area contributed by atoms with E-state index >= 15 is 0 Å². The molecule has 31 heavy (non-hydrogen) atoms. The number of morpholine rings is 1. The Morgan fingerprint density at radius 2 is 2.03 bits per heavy atom. The number of aromatic nitrogens is 2. The van der Waals surface area contributed by atoms with Gasteiger partial charge in [-0.1, -0.05) is 19.9 Å². The van der Waals surface area contributed by atoms with Crippen LogP contribution in [0.3, 0.4) is 0 Å². The standard InChI is InChI=1S/C23H30N4O4/c1-17(2)13-27(14-18-3-4-20-21(11-18)31-10-9-30-20)23(28)22-16-26(7-8-29-22)15-19-12-24-5-6-25-19/h3-6,11-12,17,22H,7-10,13-16H2,1-2H3. The van der Waals surface area contributed by atoms with Gasteiger partial charge in [-0.3, -0.25) is 19.7 Å². The highest BCUT2D eigenvalue weighted by Crippen LogP contribution is 2.31. The maximum absolute atomic E-state index is 13.4. The molecule has 0 N–H and O–H groups in total. The normalized spacial score (nSPS) is 18.7. The number of fused-ring (bicyclic) bond motifs is 1. The summed E-state index contributed by atoms with van der Waals surface area (Å²) < 4.78 is 17.2. The molecule has 0 bridgehead atoms. The number of amides is 1. The van der Waals surface area contributed by atoms with Gasteiger partial charge in [-0.2, -0.15) is 0 Å². The number of ether oxygens (including phenoxy) is 3. The van der Waals surface area contributed by atoms with Gasteiger partial charge in [0.1, 0.15) is 19.3 Å². The van der Waals surface area contributed by atoms with Crippen LogP contribution < -0.4 is 9.47 Å². The van der Waals surface area contributed by atoms with Crippen LogP contribution >= 0.6 is 0 Å². The van der Waals surface area contributed by atoms with E-state index in [-0.39, 0.29) is 5.91 Å². The highest BCUT2D eigenvalue weighted by Gasteiger charge is 2.31. The van der Waals surface area contributed by atoms with Crippen LogP contribution in [0.5, 0.6) is 11.5 Å². The summed E-state index contributed by atoms with van der Waals surface area (Å²) in [5, 5.41) is 0. The SMILES string of the molecule is CC(C)CN(Cc1ccc2c(c1)OCCO2)C(=O)C1CN(Cc2cnccn2)CCO1. The number of hydrogen-bond acceptors (Lipinski definition) is 7. The number of nitrogens with zero attached hydrogens (tertiary/aromatic N) is 4. The first-order valence-corrected chi connectivity index (χ1v) is 10.8. The van der Waals surface area contributed by atoms with Gasteiger partial charge < -0.3 is 19.1 Å². The maximum Gasteiger partial charge on any atom is 0.253 e. The number of carbonyl (C=O) groups excluding carboxylic acids is 1. The third-order valence-electron chi connectivity index (χ3n) is 5.31. The van der Waals surface area contributed by atoms with Gasteiger partial charge in [-0.05, 0) is 23.6 Å². The Balaban J connectivity index is 1.43. The number of hydrogen-bond donors (Lipinski definition) is 0. The Hall–Kier alpha value is -2.71. The highest BCUT2D eigenvalue weighted by atomic mass is 16.6. The molecule has 1 saturated heterocycles. The predicted molar refractivity (Wildman–Crippen MR) is 115 cm³/mol. The summed E-state index contributed by atoms with van der Waals surface area (Å²) in [5.41, 5.74) is 1.91. The zero-order valence-electron chi connectivity index (χ0n) is 18.2. The second-order valence-electron chi connectivity index (χ2n) is 8.38. The van der Waals surface area contributed by atoms with Gasteiger partial charge in [0.05, 0.1) is 12.3 Å². The molecule has 1 aromatic heterocycles. The fraction of sp³-hybridized carbons (Fsp3) is 0.522. The van der Waals surface area contributed by atoms with Crippen molar-refractivity contribution in [3.63, 3.8) is 0 Å². The summed E-state index contributed by atoms with van der Waals surface area (Å²) in [6.45, 7) is 9.02. The van der Waals surface area contributed by atoms with Crippen molar-refractivity contribution < 1.29 is 19.0 Å². The van der Waals surface area contributed by atoms with E-state index in [2.05, 4.69) is 28.7 Å². The van der Waals surface area contributed by atoms with Gasteiger partial charge in [0.2, 0.25) is 0 Å². The molecule has 8 nitrogen and oxygen atoms in total. The second kappa shape index (κ2) is 10.1. The molecule has 3 heterocycles. The Morgan fingerprint density at radius 3 is 2.81 bits per heavy atom. The van der Waals surface area contributed by atoms with Gasteiger partial charge in [0.15, 0.2) is 11.5 Å². The lowest BCUT2D eigenvalue weighted by atomic mass is 10.1. The fourth-order valence-corrected chi connectivity index (χ4v) is 3.92. The topological polar surface area (TPSA) is 77.0 Å². The highest BCUT2D eigenvalue weighted by molar-refractivity contribution is 5.81. The number of carbonyl (C=O) groups is 1. The molecule has 1 unspecified atom stereocenters. The summed E-state index contributed by atoms with van der Waals surface area (Å²) in [7, 11) is 0. The fourth-order valence-electron chi connectivity index (χ4n) is 3.92. The van der Waals surface area contributed by atoms with Crippen molar-refractivity contribution in [3.8, 4) is 11.5 Å². The molecule has 1 atom stereocenters. The van der Waals surface area contributed by atoms with E-state index in [0.717, 1.165) is 29.3 Å². The smallest absolute Gasteiger partial charge is 0.253 e. The molecule has 1 fully saturated rings. The van der Waals surface area contributed by atoms with Crippen LogP contribution in [0.15, 0.2) is 36.8 Å². The van der Waals surface area contributed by atoms with Crippen molar-refractivity contribution in [3.05, 3.63) is 48.0 Å². The largest absolute Gasteiger partial charge is 0.486 e. The van der Waals surface area contributed by atoms with Crippen LogP contribution in [0.4, 0.5) is 0 Å². The van der Waals surface area contributed by atoms with Crippen molar-refractivity contribution in [2.75, 3.05) is 39.5 Å². The Bertz CT molecular complexity index is 877. The van der Waals surface area contributed by atoms with Crippen LogP contribution in [0.2, 0.25) is 0 Å². The van der Waals surface area contributed by atoms with E-state index in [1.165, 1.54) is 0 Å². The zero-order chi connectivity index (χ0) is 21.6. The van der Waals surface area contributed by atoms with Gasteiger partial charge in [-0.15, -0.1) is 0 Å². The lowest BCUT2D eigenvalue weighted by molar-refractivity contribution is -0.151. The lowest BCUT2D eigenvalue weighted by Crippen LogP contribution is -2.51. The summed E-state index contributed by atoms with van der Waals surface area (Å²) in [6.07, 6.45) is 4.63. The van der Waals surface area contributed by atoms with Crippen LogP contribution in [-0.4, -0.2) is 71.2 Å². The predicted octanol–water partition coefficient (Wildman–Crippen LogP) is 2.13. The molecule has 0 saturated carbocycles. The quantitative estimate of drug-likeness (QED) is 0.671. The first-order valence-electron chi connectivity index (χ1n) is 10.8. The van der Waals surface area contributed by atoms with E-state index in [1.54, 1.807) is 18.6 Å². The molecule has 1 aromatic carbocycles. The van der Waals surface area contributed by atoms with E-state index in [1.807, 2.05) is 23.1 Å². The van der Waals surface area contributed by atoms with Crippen molar-refractivity contribution in [2.45, 2.75) is 33.0 Å². The number of benzene rings is 1. The van der Waals surface area contributed by atoms with Crippen LogP contribution in [0.1, 0.15) is 25.1 Å². The molecule has 0 radical (unpaired) electrons. The Kier molecular flexibility index (Phi) is 6.99. The molecule has 4 rings (SSSR count). The molecule has 8 heteroatoms. The molecule has 2 aliphatic rings. The molecular formula is C23H30N4O4. The lowest BCUT2D eigenvalue weighted by Gasteiger charge is -2.35. The van der Waals surface area contributed by atoms with E-state index in [4.69, 9.17) is 14.2 Å². The third-order valence-corrected chi connectivity index (χ3v) is 5.31. The Labute approximate surface area is 183 Å². The summed E-state index contributed by atoms with van der Waals surface area (Å²) in [6, 6.07) is 5.88. The average Bonchev–Trinajstić information content (AvgIpc) is 2.79. The molecular weight excluding hydrogens is 396 g/mol. The second-order valence-corrected chi connectivity index (χ2v) is 8.38. The van der Waals surface area contributed by atoms with Crippen LogP contribution in [0.25, 0.3) is 0 Å². The van der Waals surface area contributed by atoms with E-state index in [0.29, 0.717) is 51.9 Å². The van der Waals surface area contributed by atoms with Gasteiger partial charge in [0, 0.05) is 51.3 Å². The van der Waals surface area contributed by atoms with Crippen molar-refractivity contribution in [1.29, 1.82) is 0 Å². The van der Waals surface area contributed by atoms with Crippen molar-refractivity contribution in [2.24, 2.45) is 5.92 Å². The summed E-state index contributed by atoms with van der Waals surface area (Å²) >= 11 is 0. The molecule has 166 valence electrons. The maximum atomic E-state index is 13.4. The van der Waals surface area contributed by atoms with Crippen molar-refractivity contribution >= 4 is 5.91 Å². The van der Waals surface area contributed by atoms with Crippen LogP contribution in [0, 0.1) is 5.92 Å².